The summed E-state index contributed by atoms with van der Waals surface area (Å²) in [6, 6.07) is 67.8. The van der Waals surface area contributed by atoms with Gasteiger partial charge in [0.25, 0.3) is 0 Å². The van der Waals surface area contributed by atoms with E-state index in [9.17, 15) is 0 Å². The van der Waals surface area contributed by atoms with Gasteiger partial charge in [-0.15, -0.1) is 0 Å². The van der Waals surface area contributed by atoms with Crippen molar-refractivity contribution >= 4 is 105 Å². The second-order valence-corrected chi connectivity index (χ2v) is 17.1. The fourth-order valence-electron chi connectivity index (χ4n) is 10.4. The molecule has 0 N–H and O–H groups in total. The number of rotatable bonds is 5. The number of hydrogen-bond donors (Lipinski definition) is 0. The highest BCUT2D eigenvalue weighted by atomic mass is 16.3. The molecule has 1 aliphatic rings. The minimum atomic E-state index is 0.617. The maximum Gasteiger partial charge on any atom is 0.160 e. The molecule has 0 spiro atoms. The molecule has 6 nitrogen and oxygen atoms in total. The highest BCUT2D eigenvalue weighted by Crippen LogP contribution is 2.41. The number of aromatic nitrogens is 1. The predicted molar refractivity (Wildman–Crippen MR) is 271 cm³/mol. The van der Waals surface area contributed by atoms with Gasteiger partial charge in [0.2, 0.25) is 0 Å². The van der Waals surface area contributed by atoms with E-state index >= 15 is 0 Å². The van der Waals surface area contributed by atoms with Gasteiger partial charge in [-0.3, -0.25) is 0 Å². The van der Waals surface area contributed by atoms with Crippen molar-refractivity contribution in [2.45, 2.75) is 12.8 Å². The van der Waals surface area contributed by atoms with Crippen LogP contribution in [0, 0.1) is 0 Å². The number of para-hydroxylation sites is 4. The number of nitrogens with zero attached hydrogens (tertiary/aromatic N) is 3. The summed E-state index contributed by atoms with van der Waals surface area (Å²) in [4.78, 5) is 11.2. The fraction of sp³-hybridized carbons (Fsp3) is 0.0333. The highest BCUT2D eigenvalue weighted by molar-refractivity contribution is 6.26. The molecule has 0 amide bonds. The summed E-state index contributed by atoms with van der Waals surface area (Å²) >= 11 is 0. The molecule has 66 heavy (non-hydrogen) atoms. The SMILES string of the molecule is C1=C(c2cccc3oc4ccc(-c5ccc6c(c5)c5ccccc5n6-c5ccccc5)cc4c23)/N=C(c2cccc3oc4ccccc4c23)\N=C(\c2cccc3oc4ccccc4c23)CC\1. The second kappa shape index (κ2) is 14.4. The van der Waals surface area contributed by atoms with E-state index in [1.807, 2.05) is 42.5 Å². The van der Waals surface area contributed by atoms with E-state index < -0.39 is 0 Å². The third kappa shape index (κ3) is 5.61. The summed E-state index contributed by atoms with van der Waals surface area (Å²) < 4.78 is 21.8. The van der Waals surface area contributed by atoms with Crippen molar-refractivity contribution in [2.75, 3.05) is 0 Å². The van der Waals surface area contributed by atoms with Crippen molar-refractivity contribution < 1.29 is 13.3 Å². The van der Waals surface area contributed by atoms with E-state index in [1.54, 1.807) is 0 Å². The van der Waals surface area contributed by atoms with Crippen LogP contribution in [0.2, 0.25) is 0 Å². The van der Waals surface area contributed by atoms with Crippen molar-refractivity contribution in [1.29, 1.82) is 0 Å². The van der Waals surface area contributed by atoms with E-state index in [0.717, 1.165) is 117 Å². The zero-order valence-corrected chi connectivity index (χ0v) is 35.5. The molecule has 0 radical (unpaired) electrons. The summed E-state index contributed by atoms with van der Waals surface area (Å²) in [7, 11) is 0. The first kappa shape index (κ1) is 36.7. The largest absolute Gasteiger partial charge is 0.456 e. The van der Waals surface area contributed by atoms with Crippen molar-refractivity contribution in [3.05, 3.63) is 217 Å². The molecule has 310 valence electrons. The Balaban J connectivity index is 0.959. The number of benzene rings is 9. The van der Waals surface area contributed by atoms with Crippen molar-refractivity contribution in [3.63, 3.8) is 0 Å². The summed E-state index contributed by atoms with van der Waals surface area (Å²) in [5.41, 5.74) is 15.5. The van der Waals surface area contributed by atoms with Crippen LogP contribution < -0.4 is 0 Å². The first-order chi connectivity index (χ1) is 32.7. The summed E-state index contributed by atoms with van der Waals surface area (Å²) in [6.07, 6.45) is 3.69. The summed E-state index contributed by atoms with van der Waals surface area (Å²) in [5.74, 6) is 0.617. The smallest absolute Gasteiger partial charge is 0.160 e. The molecule has 0 bridgehead atoms. The molecule has 0 saturated carbocycles. The van der Waals surface area contributed by atoms with Gasteiger partial charge < -0.3 is 17.8 Å². The van der Waals surface area contributed by atoms with Crippen LogP contribution in [0.25, 0.3) is 110 Å². The Morgan fingerprint density at radius 2 is 0.909 bits per heavy atom. The van der Waals surface area contributed by atoms with Gasteiger partial charge in [0.1, 0.15) is 33.5 Å². The van der Waals surface area contributed by atoms with Crippen LogP contribution in [-0.2, 0) is 0 Å². The number of aliphatic imine (C=N–C) groups is 2. The van der Waals surface area contributed by atoms with E-state index in [4.69, 9.17) is 23.2 Å². The number of furan rings is 3. The normalized spacial score (nSPS) is 16.0. The zero-order valence-electron chi connectivity index (χ0n) is 35.5. The molecule has 0 aliphatic carbocycles. The number of amidine groups is 1. The van der Waals surface area contributed by atoms with E-state index in [2.05, 4.69) is 162 Å². The third-order valence-electron chi connectivity index (χ3n) is 13.3. The molecule has 5 heterocycles. The second-order valence-electron chi connectivity index (χ2n) is 17.1. The summed E-state index contributed by atoms with van der Waals surface area (Å²) in [6.45, 7) is 0. The van der Waals surface area contributed by atoms with Crippen LogP contribution >= 0.6 is 0 Å². The lowest BCUT2D eigenvalue weighted by Crippen LogP contribution is -2.10. The Morgan fingerprint density at radius 1 is 0.379 bits per heavy atom. The first-order valence-electron chi connectivity index (χ1n) is 22.4. The molecule has 0 saturated heterocycles. The monoisotopic (exact) mass is 847 g/mol. The Morgan fingerprint density at radius 3 is 1.64 bits per heavy atom. The van der Waals surface area contributed by atoms with Gasteiger partial charge in [0.15, 0.2) is 5.84 Å². The van der Waals surface area contributed by atoms with Gasteiger partial charge in [-0.2, -0.15) is 0 Å². The van der Waals surface area contributed by atoms with Crippen LogP contribution in [0.3, 0.4) is 0 Å². The topological polar surface area (TPSA) is 69.1 Å². The lowest BCUT2D eigenvalue weighted by atomic mass is 9.96. The average Bonchev–Trinajstić information content (AvgIpc) is 4.13. The lowest BCUT2D eigenvalue weighted by molar-refractivity contribution is 0.668. The maximum atomic E-state index is 6.63. The first-order valence-corrected chi connectivity index (χ1v) is 22.4. The Labute approximate surface area is 377 Å². The van der Waals surface area contributed by atoms with Crippen LogP contribution in [0.15, 0.2) is 223 Å². The third-order valence-corrected chi connectivity index (χ3v) is 13.3. The minimum Gasteiger partial charge on any atom is -0.456 e. The lowest BCUT2D eigenvalue weighted by Gasteiger charge is -2.15. The molecule has 4 aromatic heterocycles. The Hall–Kier alpha value is -8.74. The molecular formula is C60H37N3O3. The van der Waals surface area contributed by atoms with Crippen LogP contribution in [-0.4, -0.2) is 16.1 Å². The standard InChI is InChI=1S/C60H37N3O3/c1-2-14-38(15-3-1)63-49-24-7-4-16-39(49)45-34-36(30-32-50(45)63)37-31-33-53-46(35-37)58-41(20-11-28-55(58)66-53)48-23-13-22-47(40-19-10-27-54-57(40)42-17-5-8-25-51(42)64-54)61-60(62-48)44-21-12-29-56-59(44)43-18-6-9-26-52(43)65-56/h1-12,14-21,23-35H,13,22H2/b48-23-,61-47+,62-60-. The molecule has 6 heteroatoms. The fourth-order valence-corrected chi connectivity index (χ4v) is 10.4. The number of allylic oxidation sites excluding steroid dienone is 1. The van der Waals surface area contributed by atoms with Crippen molar-refractivity contribution in [1.82, 2.24) is 4.57 Å². The van der Waals surface area contributed by atoms with Crippen molar-refractivity contribution in [2.24, 2.45) is 9.98 Å². The van der Waals surface area contributed by atoms with E-state index in [-0.39, 0.29) is 0 Å². The molecule has 13 aromatic rings. The van der Waals surface area contributed by atoms with Gasteiger partial charge >= 0.3 is 0 Å². The van der Waals surface area contributed by atoms with Crippen LogP contribution in [0.4, 0.5) is 0 Å². The Bertz CT molecular complexity index is 4230. The number of hydrogen-bond acceptors (Lipinski definition) is 5. The van der Waals surface area contributed by atoms with Crippen LogP contribution in [0.5, 0.6) is 0 Å². The van der Waals surface area contributed by atoms with Gasteiger partial charge in [-0.1, -0.05) is 127 Å². The minimum absolute atomic E-state index is 0.617. The van der Waals surface area contributed by atoms with Gasteiger partial charge in [0, 0.05) is 65.5 Å². The molecular weight excluding hydrogens is 811 g/mol. The van der Waals surface area contributed by atoms with Crippen LogP contribution in [0.1, 0.15) is 29.5 Å². The highest BCUT2D eigenvalue weighted by Gasteiger charge is 2.23. The van der Waals surface area contributed by atoms with Gasteiger partial charge in [-0.05, 0) is 96.8 Å². The number of fused-ring (bicyclic) bond motifs is 12. The van der Waals surface area contributed by atoms with Crippen molar-refractivity contribution in [3.8, 4) is 16.8 Å². The molecule has 0 fully saturated rings. The molecule has 9 aromatic carbocycles. The van der Waals surface area contributed by atoms with E-state index in [1.165, 1.54) is 21.8 Å². The molecule has 0 atom stereocenters. The molecule has 1 aliphatic heterocycles. The molecule has 14 rings (SSSR count). The maximum absolute atomic E-state index is 6.63. The predicted octanol–water partition coefficient (Wildman–Crippen LogP) is 16.2. The van der Waals surface area contributed by atoms with Gasteiger partial charge in [-0.25, -0.2) is 9.98 Å². The Kier molecular flexibility index (Phi) is 8.01. The molecule has 0 unspecified atom stereocenters. The van der Waals surface area contributed by atoms with E-state index in [0.29, 0.717) is 12.3 Å². The van der Waals surface area contributed by atoms with Gasteiger partial charge in [0.05, 0.1) is 22.4 Å². The quantitative estimate of drug-likeness (QED) is 0.173. The average molecular weight is 848 g/mol. The summed E-state index contributed by atoms with van der Waals surface area (Å²) in [5, 5.41) is 8.64. The zero-order chi connectivity index (χ0) is 43.3.